The number of nitriles is 1. The van der Waals surface area contributed by atoms with Crippen molar-refractivity contribution in [2.24, 2.45) is 0 Å². The average Bonchev–Trinajstić information content (AvgIpc) is 3.17. The molecule has 10 nitrogen and oxygen atoms in total. The van der Waals surface area contributed by atoms with Gasteiger partial charge in [0.1, 0.15) is 24.3 Å². The molecule has 2 aliphatic rings. The number of alkyl halides is 3. The van der Waals surface area contributed by atoms with Gasteiger partial charge in [-0.15, -0.1) is 0 Å². The van der Waals surface area contributed by atoms with Crippen LogP contribution in [-0.4, -0.2) is 63.3 Å². The zero-order valence-corrected chi connectivity index (χ0v) is 18.3. The number of carbonyl (C=O) groups excluding carboxylic acids is 1. The Morgan fingerprint density at radius 1 is 1.26 bits per heavy atom. The molecule has 0 spiro atoms. The number of amides is 1. The number of rotatable bonds is 3. The maximum absolute atomic E-state index is 13.4. The normalized spacial score (nSPS) is 16.4. The molecule has 1 unspecified atom stereocenters. The molecular weight excluding hydrogens is 478 g/mol. The Kier molecular flexibility index (Phi) is 7.28. The molecule has 1 saturated heterocycles. The molecule has 1 aromatic heterocycles. The summed E-state index contributed by atoms with van der Waals surface area (Å²) in [6.07, 6.45) is -5.08. The van der Waals surface area contributed by atoms with Gasteiger partial charge < -0.3 is 19.6 Å². The Labute approximate surface area is 195 Å². The number of piperazine rings is 1. The first-order valence-electron chi connectivity index (χ1n) is 10.2. The van der Waals surface area contributed by atoms with Gasteiger partial charge in [-0.2, -0.15) is 23.4 Å². The van der Waals surface area contributed by atoms with Crippen LogP contribution >= 0.6 is 0 Å². The molecule has 2 aromatic rings. The molecule has 4 rings (SSSR count). The van der Waals surface area contributed by atoms with Crippen LogP contribution in [0.1, 0.15) is 18.1 Å². The van der Waals surface area contributed by atoms with E-state index in [1.165, 1.54) is 18.2 Å². The molecule has 35 heavy (non-hydrogen) atoms. The Bertz CT molecular complexity index is 1240. The van der Waals surface area contributed by atoms with Crippen LogP contribution in [0.4, 0.5) is 23.4 Å². The topological polar surface area (TPSA) is 129 Å². The van der Waals surface area contributed by atoms with Gasteiger partial charge in [0.15, 0.2) is 0 Å². The van der Waals surface area contributed by atoms with Crippen molar-refractivity contribution >= 4 is 17.7 Å². The predicted octanol–water partition coefficient (Wildman–Crippen LogP) is 1.52. The van der Waals surface area contributed by atoms with E-state index in [1.807, 2.05) is 0 Å². The highest BCUT2D eigenvalue weighted by atomic mass is 19.4. The van der Waals surface area contributed by atoms with Gasteiger partial charge in [0.25, 0.3) is 0 Å². The molecule has 186 valence electrons. The summed E-state index contributed by atoms with van der Waals surface area (Å²) in [6, 6.07) is 7.67. The highest BCUT2D eigenvalue weighted by molar-refractivity contribution is 5.74. The lowest BCUT2D eigenvalue weighted by Crippen LogP contribution is -2.53. The molecule has 1 amide bonds. The highest BCUT2D eigenvalue weighted by Gasteiger charge is 2.38. The lowest BCUT2D eigenvalue weighted by molar-refractivity contribution is -0.192. The maximum Gasteiger partial charge on any atom is 0.490 e. The summed E-state index contributed by atoms with van der Waals surface area (Å²) in [5.41, 5.74) is 0.135. The van der Waals surface area contributed by atoms with Crippen LogP contribution in [0.3, 0.4) is 0 Å². The molecule has 1 atom stereocenters. The predicted molar refractivity (Wildman–Crippen MR) is 111 cm³/mol. The van der Waals surface area contributed by atoms with Crippen molar-refractivity contribution in [2.75, 3.05) is 24.5 Å². The number of carbonyl (C=O) groups is 2. The number of carboxylic acids is 1. The zero-order chi connectivity index (χ0) is 25.9. The summed E-state index contributed by atoms with van der Waals surface area (Å²) in [6.45, 7) is 3.90. The van der Waals surface area contributed by atoms with Gasteiger partial charge in [-0.1, -0.05) is 6.07 Å². The van der Waals surface area contributed by atoms with Crippen LogP contribution in [0.5, 0.6) is 5.88 Å². The second-order valence-corrected chi connectivity index (χ2v) is 7.68. The Hall–Kier alpha value is -4.15. The van der Waals surface area contributed by atoms with Crippen LogP contribution in [0.25, 0.3) is 0 Å². The third-order valence-electron chi connectivity index (χ3n) is 5.36. The van der Waals surface area contributed by atoms with Gasteiger partial charge >= 0.3 is 17.8 Å². The Morgan fingerprint density at radius 3 is 2.54 bits per heavy atom. The van der Waals surface area contributed by atoms with Crippen LogP contribution in [0.2, 0.25) is 0 Å². The van der Waals surface area contributed by atoms with Crippen molar-refractivity contribution in [1.82, 2.24) is 14.5 Å². The van der Waals surface area contributed by atoms with E-state index >= 15 is 0 Å². The lowest BCUT2D eigenvalue weighted by Gasteiger charge is -2.37. The maximum atomic E-state index is 13.4. The number of aliphatic carboxylic acids is 1. The lowest BCUT2D eigenvalue weighted by atomic mass is 10.1. The minimum absolute atomic E-state index is 0.0288. The zero-order valence-electron chi connectivity index (χ0n) is 18.3. The van der Waals surface area contributed by atoms with Crippen LogP contribution in [0, 0.1) is 17.1 Å². The number of hydrogen-bond acceptors (Lipinski definition) is 7. The minimum atomic E-state index is -5.08. The summed E-state index contributed by atoms with van der Waals surface area (Å²) in [7, 11) is 0. The SMILES string of the molecule is CC(=O)N1CCN2c3cc(OCc4ccc(F)c(C#N)c4)nc(=O)n3CC2C1.O=C(O)C(F)(F)F. The Morgan fingerprint density at radius 2 is 1.94 bits per heavy atom. The molecule has 14 heteroatoms. The molecule has 2 aliphatic heterocycles. The number of fused-ring (bicyclic) bond motifs is 3. The second kappa shape index (κ2) is 10.00. The van der Waals surface area contributed by atoms with Crippen molar-refractivity contribution in [3.05, 3.63) is 51.7 Å². The molecule has 1 N–H and O–H groups in total. The van der Waals surface area contributed by atoms with E-state index in [1.54, 1.807) is 28.5 Å². The van der Waals surface area contributed by atoms with E-state index in [9.17, 15) is 27.2 Å². The van der Waals surface area contributed by atoms with E-state index in [0.717, 1.165) is 5.82 Å². The van der Waals surface area contributed by atoms with Gasteiger partial charge in [0, 0.05) is 32.6 Å². The second-order valence-electron chi connectivity index (χ2n) is 7.68. The third kappa shape index (κ3) is 5.86. The van der Waals surface area contributed by atoms with Gasteiger partial charge in [-0.3, -0.25) is 9.36 Å². The van der Waals surface area contributed by atoms with Crippen molar-refractivity contribution < 1.29 is 37.0 Å². The quantitative estimate of drug-likeness (QED) is 0.632. The summed E-state index contributed by atoms with van der Waals surface area (Å²) in [5.74, 6) is -2.42. The first-order valence-corrected chi connectivity index (χ1v) is 10.2. The molecule has 1 aromatic carbocycles. The number of aromatic nitrogens is 2. The first kappa shape index (κ1) is 25.5. The fourth-order valence-electron chi connectivity index (χ4n) is 3.67. The highest BCUT2D eigenvalue weighted by Crippen LogP contribution is 2.29. The molecule has 3 heterocycles. The molecule has 0 radical (unpaired) electrons. The number of halogens is 4. The molecule has 0 saturated carbocycles. The van der Waals surface area contributed by atoms with E-state index in [0.29, 0.717) is 31.7 Å². The smallest absolute Gasteiger partial charge is 0.475 e. The van der Waals surface area contributed by atoms with Crippen LogP contribution in [0.15, 0.2) is 29.1 Å². The van der Waals surface area contributed by atoms with Crippen molar-refractivity contribution in [1.29, 1.82) is 5.26 Å². The first-order chi connectivity index (χ1) is 16.4. The molecule has 0 aliphatic carbocycles. The number of anilines is 1. The standard InChI is InChI=1S/C19H18FN5O3.C2HF3O2/c1-12(26)23-4-5-24-15(9-23)10-25-18(24)7-17(22-19(25)27)28-11-13-2-3-16(20)14(6-13)8-21;3-2(4,5)1(6)7/h2-3,6-7,15H,4-5,9-11H2,1H3;(H,6,7). The van der Waals surface area contributed by atoms with Crippen LogP contribution in [-0.2, 0) is 22.7 Å². The van der Waals surface area contributed by atoms with Crippen LogP contribution < -0.4 is 15.3 Å². The molecule has 0 bridgehead atoms. The molecule has 1 fully saturated rings. The summed E-state index contributed by atoms with van der Waals surface area (Å²) >= 11 is 0. The summed E-state index contributed by atoms with van der Waals surface area (Å²) in [5, 5.41) is 16.0. The Balaban J connectivity index is 0.000000429. The van der Waals surface area contributed by atoms with Crippen molar-refractivity contribution in [2.45, 2.75) is 32.3 Å². The van der Waals surface area contributed by atoms with Gasteiger partial charge in [-0.25, -0.2) is 14.0 Å². The average molecular weight is 497 g/mol. The monoisotopic (exact) mass is 497 g/mol. The number of hydrogen-bond donors (Lipinski definition) is 1. The summed E-state index contributed by atoms with van der Waals surface area (Å²) < 4.78 is 52.4. The van der Waals surface area contributed by atoms with Gasteiger partial charge in [0.2, 0.25) is 11.8 Å². The van der Waals surface area contributed by atoms with E-state index in [2.05, 4.69) is 9.88 Å². The number of nitrogens with zero attached hydrogens (tertiary/aromatic N) is 5. The van der Waals surface area contributed by atoms with E-state index in [-0.39, 0.29) is 30.0 Å². The minimum Gasteiger partial charge on any atom is -0.475 e. The fourth-order valence-corrected chi connectivity index (χ4v) is 3.67. The third-order valence-corrected chi connectivity index (χ3v) is 5.36. The number of benzene rings is 1. The summed E-state index contributed by atoms with van der Waals surface area (Å²) in [4.78, 5) is 40.8. The van der Waals surface area contributed by atoms with E-state index in [4.69, 9.17) is 19.9 Å². The van der Waals surface area contributed by atoms with Crippen molar-refractivity contribution in [3.63, 3.8) is 0 Å². The number of carboxylic acid groups (broad SMARTS) is 1. The molecular formula is C21H19F4N5O5. The van der Waals surface area contributed by atoms with Gasteiger partial charge in [-0.05, 0) is 17.7 Å². The largest absolute Gasteiger partial charge is 0.490 e. The van der Waals surface area contributed by atoms with E-state index < -0.39 is 23.7 Å². The van der Waals surface area contributed by atoms with Crippen molar-refractivity contribution in [3.8, 4) is 11.9 Å². The fraction of sp³-hybridized carbons (Fsp3) is 0.381. The van der Waals surface area contributed by atoms with Gasteiger partial charge in [0.05, 0.1) is 18.2 Å². The number of ether oxygens (including phenoxy) is 1.